The molecule has 1 N–H and O–H groups in total. The zero-order valence-corrected chi connectivity index (χ0v) is 7.90. The van der Waals surface area contributed by atoms with Crippen molar-refractivity contribution in [1.29, 1.82) is 0 Å². The summed E-state index contributed by atoms with van der Waals surface area (Å²) in [7, 11) is 0. The van der Waals surface area contributed by atoms with Gasteiger partial charge in [0.1, 0.15) is 11.6 Å². The van der Waals surface area contributed by atoms with Gasteiger partial charge in [0.05, 0.1) is 6.26 Å². The SMILES string of the molecule is Cc1occc1CNc1cccnn1. The van der Waals surface area contributed by atoms with Gasteiger partial charge in [0, 0.05) is 18.3 Å². The number of furan rings is 1. The van der Waals surface area contributed by atoms with Crippen LogP contribution in [0.2, 0.25) is 0 Å². The molecule has 0 fully saturated rings. The third-order valence-electron chi connectivity index (χ3n) is 2.00. The quantitative estimate of drug-likeness (QED) is 0.802. The van der Waals surface area contributed by atoms with E-state index in [0.717, 1.165) is 17.1 Å². The van der Waals surface area contributed by atoms with Crippen molar-refractivity contribution in [3.8, 4) is 0 Å². The fourth-order valence-corrected chi connectivity index (χ4v) is 1.18. The number of nitrogens with zero attached hydrogens (tertiary/aromatic N) is 2. The molecule has 0 atom stereocenters. The fourth-order valence-electron chi connectivity index (χ4n) is 1.18. The molecule has 0 bridgehead atoms. The predicted octanol–water partition coefficient (Wildman–Crippen LogP) is 1.99. The van der Waals surface area contributed by atoms with Gasteiger partial charge in [-0.1, -0.05) is 0 Å². The second kappa shape index (κ2) is 3.91. The van der Waals surface area contributed by atoms with Gasteiger partial charge in [-0.05, 0) is 25.1 Å². The number of aromatic nitrogens is 2. The Morgan fingerprint density at radius 1 is 1.43 bits per heavy atom. The number of nitrogens with one attached hydrogen (secondary N) is 1. The molecule has 0 saturated heterocycles. The second-order valence-electron chi connectivity index (χ2n) is 2.96. The summed E-state index contributed by atoms with van der Waals surface area (Å²) in [6.45, 7) is 2.65. The fraction of sp³-hybridized carbons (Fsp3) is 0.200. The first kappa shape index (κ1) is 8.74. The van der Waals surface area contributed by atoms with Gasteiger partial charge >= 0.3 is 0 Å². The maximum Gasteiger partial charge on any atom is 0.148 e. The normalized spacial score (nSPS) is 10.1. The van der Waals surface area contributed by atoms with E-state index in [9.17, 15) is 0 Å². The third kappa shape index (κ3) is 1.90. The Morgan fingerprint density at radius 3 is 3.00 bits per heavy atom. The van der Waals surface area contributed by atoms with Crippen molar-refractivity contribution in [3.05, 3.63) is 42.0 Å². The summed E-state index contributed by atoms with van der Waals surface area (Å²) >= 11 is 0. The van der Waals surface area contributed by atoms with Crippen LogP contribution in [-0.2, 0) is 6.54 Å². The van der Waals surface area contributed by atoms with Crippen LogP contribution in [0.5, 0.6) is 0 Å². The van der Waals surface area contributed by atoms with E-state index in [1.807, 2.05) is 25.1 Å². The topological polar surface area (TPSA) is 51.0 Å². The van der Waals surface area contributed by atoms with E-state index in [-0.39, 0.29) is 0 Å². The number of aryl methyl sites for hydroxylation is 1. The Morgan fingerprint density at radius 2 is 2.36 bits per heavy atom. The largest absolute Gasteiger partial charge is 0.469 e. The summed E-state index contributed by atoms with van der Waals surface area (Å²) in [6.07, 6.45) is 3.33. The molecule has 0 unspecified atom stereocenters. The molecule has 0 amide bonds. The molecule has 4 nitrogen and oxygen atoms in total. The molecular formula is C10H11N3O. The lowest BCUT2D eigenvalue weighted by Gasteiger charge is -2.02. The summed E-state index contributed by atoms with van der Waals surface area (Å²) in [5.41, 5.74) is 1.13. The van der Waals surface area contributed by atoms with Gasteiger partial charge in [-0.25, -0.2) is 0 Å². The Kier molecular flexibility index (Phi) is 2.44. The van der Waals surface area contributed by atoms with Crippen molar-refractivity contribution in [3.63, 3.8) is 0 Å². The molecule has 0 spiro atoms. The van der Waals surface area contributed by atoms with Crippen molar-refractivity contribution in [2.24, 2.45) is 0 Å². The summed E-state index contributed by atoms with van der Waals surface area (Å²) < 4.78 is 5.18. The highest BCUT2D eigenvalue weighted by Crippen LogP contribution is 2.10. The molecule has 0 aromatic carbocycles. The Bertz CT molecular complexity index is 397. The first-order valence-electron chi connectivity index (χ1n) is 4.41. The van der Waals surface area contributed by atoms with Crippen LogP contribution in [-0.4, -0.2) is 10.2 Å². The molecule has 2 rings (SSSR count). The van der Waals surface area contributed by atoms with E-state index >= 15 is 0 Å². The van der Waals surface area contributed by atoms with Crippen LogP contribution in [0.15, 0.2) is 35.1 Å². The van der Waals surface area contributed by atoms with Crippen LogP contribution in [0.4, 0.5) is 5.82 Å². The van der Waals surface area contributed by atoms with Crippen molar-refractivity contribution >= 4 is 5.82 Å². The molecule has 0 radical (unpaired) electrons. The molecule has 2 aromatic heterocycles. The van der Waals surface area contributed by atoms with Gasteiger partial charge in [-0.2, -0.15) is 5.10 Å². The highest BCUT2D eigenvalue weighted by Gasteiger charge is 2.00. The summed E-state index contributed by atoms with van der Waals surface area (Å²) in [6, 6.07) is 5.67. The van der Waals surface area contributed by atoms with Gasteiger partial charge in [0.25, 0.3) is 0 Å². The standard InChI is InChI=1S/C10H11N3O/c1-8-9(4-6-14-8)7-11-10-3-2-5-12-13-10/h2-6H,7H2,1H3,(H,11,13). The van der Waals surface area contributed by atoms with Gasteiger partial charge in [-0.3, -0.25) is 0 Å². The Hall–Kier alpha value is -1.84. The van der Waals surface area contributed by atoms with Crippen LogP contribution in [0, 0.1) is 6.92 Å². The third-order valence-corrected chi connectivity index (χ3v) is 2.00. The van der Waals surface area contributed by atoms with Gasteiger partial charge < -0.3 is 9.73 Å². The molecule has 0 aliphatic heterocycles. The van der Waals surface area contributed by atoms with E-state index < -0.39 is 0 Å². The molecule has 4 heteroatoms. The van der Waals surface area contributed by atoms with E-state index in [0.29, 0.717) is 6.54 Å². The van der Waals surface area contributed by atoms with Crippen molar-refractivity contribution in [2.45, 2.75) is 13.5 Å². The first-order chi connectivity index (χ1) is 6.86. The van der Waals surface area contributed by atoms with Crippen molar-refractivity contribution < 1.29 is 4.42 Å². The van der Waals surface area contributed by atoms with Crippen LogP contribution < -0.4 is 5.32 Å². The molecule has 2 aromatic rings. The number of hydrogen-bond donors (Lipinski definition) is 1. The average molecular weight is 189 g/mol. The number of hydrogen-bond acceptors (Lipinski definition) is 4. The maximum absolute atomic E-state index is 5.18. The zero-order chi connectivity index (χ0) is 9.80. The molecule has 72 valence electrons. The minimum Gasteiger partial charge on any atom is -0.469 e. The highest BCUT2D eigenvalue weighted by atomic mass is 16.3. The van der Waals surface area contributed by atoms with E-state index in [2.05, 4.69) is 15.5 Å². The van der Waals surface area contributed by atoms with Gasteiger partial charge in [0.2, 0.25) is 0 Å². The monoisotopic (exact) mass is 189 g/mol. The van der Waals surface area contributed by atoms with Crippen molar-refractivity contribution in [2.75, 3.05) is 5.32 Å². The molecule has 0 aliphatic carbocycles. The molecule has 2 heterocycles. The van der Waals surface area contributed by atoms with E-state index in [1.54, 1.807) is 12.5 Å². The van der Waals surface area contributed by atoms with Crippen LogP contribution in [0.25, 0.3) is 0 Å². The minimum atomic E-state index is 0.709. The lowest BCUT2D eigenvalue weighted by molar-refractivity contribution is 0.530. The molecule has 0 saturated carbocycles. The average Bonchev–Trinajstić information content (AvgIpc) is 2.63. The van der Waals surface area contributed by atoms with Crippen LogP contribution in [0.3, 0.4) is 0 Å². The second-order valence-corrected chi connectivity index (χ2v) is 2.96. The smallest absolute Gasteiger partial charge is 0.148 e. The molecule has 14 heavy (non-hydrogen) atoms. The number of anilines is 1. The number of rotatable bonds is 3. The lowest BCUT2D eigenvalue weighted by atomic mass is 10.2. The predicted molar refractivity (Wildman–Crippen MR) is 52.8 cm³/mol. The molecular weight excluding hydrogens is 178 g/mol. The zero-order valence-electron chi connectivity index (χ0n) is 7.90. The van der Waals surface area contributed by atoms with Crippen LogP contribution >= 0.6 is 0 Å². The molecule has 0 aliphatic rings. The summed E-state index contributed by atoms with van der Waals surface area (Å²) in [5, 5.41) is 10.8. The summed E-state index contributed by atoms with van der Waals surface area (Å²) in [4.78, 5) is 0. The summed E-state index contributed by atoms with van der Waals surface area (Å²) in [5.74, 6) is 1.70. The highest BCUT2D eigenvalue weighted by molar-refractivity contribution is 5.33. The van der Waals surface area contributed by atoms with Crippen molar-refractivity contribution in [1.82, 2.24) is 10.2 Å². The first-order valence-corrected chi connectivity index (χ1v) is 4.41. The van der Waals surface area contributed by atoms with Crippen LogP contribution in [0.1, 0.15) is 11.3 Å². The van der Waals surface area contributed by atoms with Gasteiger partial charge in [0.15, 0.2) is 0 Å². The van der Waals surface area contributed by atoms with Gasteiger partial charge in [-0.15, -0.1) is 5.10 Å². The Balaban J connectivity index is 1.99. The minimum absolute atomic E-state index is 0.709. The lowest BCUT2D eigenvalue weighted by Crippen LogP contribution is -2.01. The van der Waals surface area contributed by atoms with E-state index in [1.165, 1.54) is 0 Å². The maximum atomic E-state index is 5.18. The Labute approximate surface area is 82.0 Å². The van der Waals surface area contributed by atoms with E-state index in [4.69, 9.17) is 4.42 Å².